The Hall–Kier alpha value is -2.14. The van der Waals surface area contributed by atoms with Gasteiger partial charge in [0.05, 0.1) is 20.0 Å². The van der Waals surface area contributed by atoms with E-state index in [1.54, 1.807) is 32.4 Å². The van der Waals surface area contributed by atoms with E-state index in [1.165, 1.54) is 17.3 Å². The fraction of sp³-hybridized carbons (Fsp3) is 0.235. The molecule has 22 heavy (non-hydrogen) atoms. The molecule has 0 unspecified atom stereocenters. The predicted molar refractivity (Wildman–Crippen MR) is 90.1 cm³/mol. The fourth-order valence-corrected chi connectivity index (χ4v) is 2.80. The number of carbonyl (C=O) groups excluding carboxylic acids is 1. The molecule has 4 nitrogen and oxygen atoms in total. The van der Waals surface area contributed by atoms with Crippen LogP contribution in [0.15, 0.2) is 47.4 Å². The Morgan fingerprint density at radius 1 is 1.09 bits per heavy atom. The highest BCUT2D eigenvalue weighted by Gasteiger charge is 2.08. The van der Waals surface area contributed by atoms with Gasteiger partial charge in [0.2, 0.25) is 5.91 Å². The normalized spacial score (nSPS) is 10.1. The average molecular weight is 317 g/mol. The van der Waals surface area contributed by atoms with Gasteiger partial charge in [-0.1, -0.05) is 18.2 Å². The lowest BCUT2D eigenvalue weighted by Crippen LogP contribution is -2.14. The molecule has 0 aliphatic carbocycles. The van der Waals surface area contributed by atoms with Crippen molar-refractivity contribution >= 4 is 23.4 Å². The van der Waals surface area contributed by atoms with Crippen LogP contribution in [0.5, 0.6) is 11.5 Å². The van der Waals surface area contributed by atoms with Gasteiger partial charge in [0.15, 0.2) is 11.5 Å². The molecular formula is C17H19NO3S. The molecule has 2 rings (SSSR count). The quantitative estimate of drug-likeness (QED) is 0.825. The molecule has 0 saturated heterocycles. The van der Waals surface area contributed by atoms with Gasteiger partial charge in [-0.05, 0) is 30.7 Å². The molecule has 5 heteroatoms. The second kappa shape index (κ2) is 7.75. The minimum atomic E-state index is -0.0551. The minimum Gasteiger partial charge on any atom is -0.493 e. The van der Waals surface area contributed by atoms with Gasteiger partial charge in [0.25, 0.3) is 0 Å². The number of ether oxygens (including phenoxy) is 2. The number of hydrogen-bond acceptors (Lipinski definition) is 4. The summed E-state index contributed by atoms with van der Waals surface area (Å²) in [5.41, 5.74) is 1.86. The SMILES string of the molecule is COc1ccc(NC(=O)CSc2ccccc2C)cc1OC. The number of amides is 1. The fourth-order valence-electron chi connectivity index (χ4n) is 1.97. The van der Waals surface area contributed by atoms with Gasteiger partial charge in [0, 0.05) is 16.6 Å². The van der Waals surface area contributed by atoms with Crippen molar-refractivity contribution in [3.63, 3.8) is 0 Å². The Kier molecular flexibility index (Phi) is 5.72. The first-order valence-electron chi connectivity index (χ1n) is 6.84. The van der Waals surface area contributed by atoms with Gasteiger partial charge in [-0.3, -0.25) is 4.79 Å². The lowest BCUT2D eigenvalue weighted by Gasteiger charge is -2.11. The van der Waals surface area contributed by atoms with E-state index in [1.807, 2.05) is 31.2 Å². The number of nitrogens with one attached hydrogen (secondary N) is 1. The molecule has 0 fully saturated rings. The van der Waals surface area contributed by atoms with Crippen LogP contribution < -0.4 is 14.8 Å². The van der Waals surface area contributed by atoms with E-state index >= 15 is 0 Å². The summed E-state index contributed by atoms with van der Waals surface area (Å²) in [5, 5.41) is 2.86. The van der Waals surface area contributed by atoms with Gasteiger partial charge in [-0.25, -0.2) is 0 Å². The average Bonchev–Trinajstić information content (AvgIpc) is 2.54. The first kappa shape index (κ1) is 16.2. The van der Waals surface area contributed by atoms with Crippen molar-refractivity contribution in [2.45, 2.75) is 11.8 Å². The third-order valence-corrected chi connectivity index (χ3v) is 4.30. The number of carbonyl (C=O) groups is 1. The first-order chi connectivity index (χ1) is 10.6. The Morgan fingerprint density at radius 3 is 2.50 bits per heavy atom. The molecular weight excluding hydrogens is 298 g/mol. The van der Waals surface area contributed by atoms with Crippen LogP contribution in [0, 0.1) is 6.92 Å². The summed E-state index contributed by atoms with van der Waals surface area (Å²) in [5.74, 6) is 1.53. The molecule has 2 aromatic carbocycles. The zero-order chi connectivity index (χ0) is 15.9. The minimum absolute atomic E-state index is 0.0551. The van der Waals surface area contributed by atoms with Gasteiger partial charge in [-0.2, -0.15) is 0 Å². The molecule has 0 atom stereocenters. The molecule has 0 saturated carbocycles. The predicted octanol–water partition coefficient (Wildman–Crippen LogP) is 3.74. The lowest BCUT2D eigenvalue weighted by atomic mass is 10.2. The van der Waals surface area contributed by atoms with Crippen molar-refractivity contribution in [1.82, 2.24) is 0 Å². The second-order valence-electron chi connectivity index (χ2n) is 4.67. The highest BCUT2D eigenvalue weighted by molar-refractivity contribution is 8.00. The highest BCUT2D eigenvalue weighted by atomic mass is 32.2. The van der Waals surface area contributed by atoms with Crippen molar-refractivity contribution in [2.75, 3.05) is 25.3 Å². The third-order valence-electron chi connectivity index (χ3n) is 3.12. The number of thioether (sulfide) groups is 1. The summed E-state index contributed by atoms with van der Waals surface area (Å²) in [7, 11) is 3.15. The number of aryl methyl sites for hydroxylation is 1. The molecule has 1 amide bonds. The number of methoxy groups -OCH3 is 2. The first-order valence-corrected chi connectivity index (χ1v) is 7.83. The Labute approximate surface area is 134 Å². The van der Waals surface area contributed by atoms with E-state index in [4.69, 9.17) is 9.47 Å². The zero-order valence-electron chi connectivity index (χ0n) is 12.9. The Morgan fingerprint density at radius 2 is 1.82 bits per heavy atom. The maximum Gasteiger partial charge on any atom is 0.234 e. The molecule has 2 aromatic rings. The van der Waals surface area contributed by atoms with E-state index in [2.05, 4.69) is 5.32 Å². The summed E-state index contributed by atoms with van der Waals surface area (Å²) in [4.78, 5) is 13.2. The van der Waals surface area contributed by atoms with E-state index in [0.29, 0.717) is 22.9 Å². The van der Waals surface area contributed by atoms with Crippen molar-refractivity contribution in [3.8, 4) is 11.5 Å². The summed E-state index contributed by atoms with van der Waals surface area (Å²) in [6.45, 7) is 2.04. The monoisotopic (exact) mass is 317 g/mol. The maximum atomic E-state index is 12.0. The maximum absolute atomic E-state index is 12.0. The molecule has 0 bridgehead atoms. The Bertz CT molecular complexity index is 658. The highest BCUT2D eigenvalue weighted by Crippen LogP contribution is 2.30. The van der Waals surface area contributed by atoms with Gasteiger partial charge < -0.3 is 14.8 Å². The van der Waals surface area contributed by atoms with Crippen molar-refractivity contribution in [2.24, 2.45) is 0 Å². The summed E-state index contributed by atoms with van der Waals surface area (Å²) >= 11 is 1.52. The van der Waals surface area contributed by atoms with Crippen LogP contribution in [-0.2, 0) is 4.79 Å². The molecule has 116 valence electrons. The van der Waals surface area contributed by atoms with Crippen molar-refractivity contribution in [1.29, 1.82) is 0 Å². The number of hydrogen-bond donors (Lipinski definition) is 1. The molecule has 0 heterocycles. The van der Waals surface area contributed by atoms with Crippen molar-refractivity contribution < 1.29 is 14.3 Å². The molecule has 0 aromatic heterocycles. The summed E-state index contributed by atoms with van der Waals surface area (Å²) < 4.78 is 10.4. The third kappa shape index (κ3) is 4.18. The number of anilines is 1. The largest absolute Gasteiger partial charge is 0.493 e. The van der Waals surface area contributed by atoms with Crippen LogP contribution in [0.25, 0.3) is 0 Å². The van der Waals surface area contributed by atoms with E-state index in [9.17, 15) is 4.79 Å². The summed E-state index contributed by atoms with van der Waals surface area (Å²) in [6, 6.07) is 13.3. The van der Waals surface area contributed by atoms with Crippen LogP contribution in [0.3, 0.4) is 0 Å². The standard InChI is InChI=1S/C17H19NO3S/c1-12-6-4-5-7-16(12)22-11-17(19)18-13-8-9-14(20-2)15(10-13)21-3/h4-10H,11H2,1-3H3,(H,18,19). The van der Waals surface area contributed by atoms with Crippen molar-refractivity contribution in [3.05, 3.63) is 48.0 Å². The molecule has 0 aliphatic rings. The van der Waals surface area contributed by atoms with E-state index in [-0.39, 0.29) is 5.91 Å². The topological polar surface area (TPSA) is 47.6 Å². The van der Waals surface area contributed by atoms with Gasteiger partial charge in [0.1, 0.15) is 0 Å². The van der Waals surface area contributed by atoms with Gasteiger partial charge >= 0.3 is 0 Å². The molecule has 0 radical (unpaired) electrons. The van der Waals surface area contributed by atoms with Gasteiger partial charge in [-0.15, -0.1) is 11.8 Å². The van der Waals surface area contributed by atoms with Crippen LogP contribution in [-0.4, -0.2) is 25.9 Å². The van der Waals surface area contributed by atoms with Crippen LogP contribution in [0.4, 0.5) is 5.69 Å². The number of benzene rings is 2. The number of rotatable bonds is 6. The van der Waals surface area contributed by atoms with Crippen LogP contribution in [0.2, 0.25) is 0 Å². The molecule has 0 spiro atoms. The zero-order valence-corrected chi connectivity index (χ0v) is 13.7. The van der Waals surface area contributed by atoms with Crippen LogP contribution >= 0.6 is 11.8 Å². The van der Waals surface area contributed by atoms with E-state index < -0.39 is 0 Å². The summed E-state index contributed by atoms with van der Waals surface area (Å²) in [6.07, 6.45) is 0. The molecule has 0 aliphatic heterocycles. The second-order valence-corrected chi connectivity index (χ2v) is 5.69. The van der Waals surface area contributed by atoms with Crippen LogP contribution in [0.1, 0.15) is 5.56 Å². The molecule has 1 N–H and O–H groups in total. The van der Waals surface area contributed by atoms with E-state index in [0.717, 1.165) is 4.90 Å². The lowest BCUT2D eigenvalue weighted by molar-refractivity contribution is -0.113. The smallest absolute Gasteiger partial charge is 0.234 e. The Balaban J connectivity index is 1.96.